The van der Waals surface area contributed by atoms with Gasteiger partial charge >= 0.3 is 0 Å². The number of hydrogen-bond donors (Lipinski definition) is 2. The van der Waals surface area contributed by atoms with Crippen LogP contribution in [-0.4, -0.2) is 41.1 Å². The topological polar surface area (TPSA) is 117 Å². The second kappa shape index (κ2) is 3.85. The third-order valence-corrected chi connectivity index (χ3v) is 2.56. The fraction of sp³-hybridized carbons (Fsp3) is 0.100. The monoisotopic (exact) mass is 262 g/mol. The molecule has 96 valence electrons. The fourth-order valence-electron chi connectivity index (χ4n) is 1.72. The predicted molar refractivity (Wildman–Crippen MR) is 57.7 cm³/mol. The van der Waals surface area contributed by atoms with Crippen LogP contribution in [-0.2, 0) is 24.0 Å². The Morgan fingerprint density at radius 2 is 1.74 bits per heavy atom. The second-order valence-corrected chi connectivity index (χ2v) is 3.83. The largest absolute Gasteiger partial charge is 0.289 e. The van der Waals surface area contributed by atoms with E-state index < -0.39 is 29.7 Å². The highest BCUT2D eigenvalue weighted by molar-refractivity contribution is 6.18. The number of hydroxylamine groups is 1. The number of amides is 4. The van der Waals surface area contributed by atoms with E-state index >= 15 is 0 Å². The quantitative estimate of drug-likeness (QED) is 0.541. The molecular weight excluding hydrogens is 256 g/mol. The van der Waals surface area contributed by atoms with Crippen LogP contribution in [0.15, 0.2) is 28.5 Å². The van der Waals surface area contributed by atoms with E-state index in [0.29, 0.717) is 0 Å². The molecule has 0 aliphatic carbocycles. The Morgan fingerprint density at radius 3 is 2.32 bits per heavy atom. The maximum atomic E-state index is 11.4. The van der Waals surface area contributed by atoms with Gasteiger partial charge in [0.25, 0.3) is 23.6 Å². The van der Waals surface area contributed by atoms with Gasteiger partial charge in [-0.25, -0.2) is 4.84 Å². The normalized spacial score (nSPS) is 25.7. The van der Waals surface area contributed by atoms with Crippen molar-refractivity contribution in [3.63, 3.8) is 0 Å². The standard InChI is InChI=1S/C10H6N4O5/c15-7-1-4(9(17)12-7)6-3-11-14(19-6)5-2-8(16)13-10(5)18/h1-3,6H,(H,12,15,17)(H,13,16,18). The molecule has 9 nitrogen and oxygen atoms in total. The zero-order valence-corrected chi connectivity index (χ0v) is 9.25. The Hall–Kier alpha value is -2.81. The van der Waals surface area contributed by atoms with Crippen LogP contribution < -0.4 is 10.6 Å². The molecule has 0 aromatic carbocycles. The molecule has 19 heavy (non-hydrogen) atoms. The van der Waals surface area contributed by atoms with Crippen molar-refractivity contribution in [1.82, 2.24) is 15.8 Å². The molecule has 3 aliphatic rings. The minimum atomic E-state index is -0.879. The fourth-order valence-corrected chi connectivity index (χ4v) is 1.72. The van der Waals surface area contributed by atoms with Gasteiger partial charge in [-0.1, -0.05) is 0 Å². The summed E-state index contributed by atoms with van der Waals surface area (Å²) in [7, 11) is 0. The van der Waals surface area contributed by atoms with Crippen molar-refractivity contribution in [2.45, 2.75) is 6.10 Å². The molecule has 0 aromatic rings. The number of carbonyl (C=O) groups is 4. The summed E-state index contributed by atoms with van der Waals surface area (Å²) in [6, 6.07) is 0. The lowest BCUT2D eigenvalue weighted by atomic mass is 10.1. The van der Waals surface area contributed by atoms with E-state index in [2.05, 4.69) is 10.4 Å². The molecule has 1 atom stereocenters. The molecule has 0 aromatic heterocycles. The lowest BCUT2D eigenvalue weighted by Gasteiger charge is -2.14. The molecule has 3 aliphatic heterocycles. The van der Waals surface area contributed by atoms with Gasteiger partial charge in [-0.15, -0.1) is 5.17 Å². The summed E-state index contributed by atoms with van der Waals surface area (Å²) in [6.07, 6.45) is 2.49. The first-order valence-corrected chi connectivity index (χ1v) is 5.19. The molecule has 0 saturated carbocycles. The SMILES string of the molecule is O=C1C=C(C2C=NN(C3=CC(=O)NC3=O)O2)C(=O)N1. The smallest absolute Gasteiger partial charge is 0.279 e. The van der Waals surface area contributed by atoms with Gasteiger partial charge in [0.2, 0.25) is 0 Å². The van der Waals surface area contributed by atoms with Crippen LogP contribution >= 0.6 is 0 Å². The number of rotatable bonds is 2. The van der Waals surface area contributed by atoms with E-state index in [1.807, 2.05) is 5.32 Å². The van der Waals surface area contributed by atoms with E-state index in [-0.39, 0.29) is 11.3 Å². The van der Waals surface area contributed by atoms with Gasteiger partial charge < -0.3 is 0 Å². The maximum Gasteiger partial charge on any atom is 0.279 e. The Labute approximate surface area is 105 Å². The van der Waals surface area contributed by atoms with Crippen molar-refractivity contribution in [2.75, 3.05) is 0 Å². The van der Waals surface area contributed by atoms with Crippen LogP contribution in [0.3, 0.4) is 0 Å². The van der Waals surface area contributed by atoms with E-state index in [9.17, 15) is 19.2 Å². The van der Waals surface area contributed by atoms with Crippen molar-refractivity contribution in [2.24, 2.45) is 5.10 Å². The van der Waals surface area contributed by atoms with Gasteiger partial charge in [-0.2, -0.15) is 5.10 Å². The highest BCUT2D eigenvalue weighted by atomic mass is 16.7. The Balaban J connectivity index is 1.77. The van der Waals surface area contributed by atoms with Crippen LogP contribution in [0.1, 0.15) is 0 Å². The van der Waals surface area contributed by atoms with Gasteiger partial charge in [0, 0.05) is 12.2 Å². The third-order valence-electron chi connectivity index (χ3n) is 2.56. The van der Waals surface area contributed by atoms with Crippen molar-refractivity contribution in [3.8, 4) is 0 Å². The van der Waals surface area contributed by atoms with Crippen molar-refractivity contribution >= 4 is 29.8 Å². The van der Waals surface area contributed by atoms with Crippen molar-refractivity contribution in [1.29, 1.82) is 0 Å². The minimum absolute atomic E-state index is 0.0848. The molecule has 4 amide bonds. The van der Waals surface area contributed by atoms with Gasteiger partial charge in [0.1, 0.15) is 0 Å². The zero-order chi connectivity index (χ0) is 13.6. The summed E-state index contributed by atoms with van der Waals surface area (Å²) in [5.74, 6) is -2.34. The average Bonchev–Trinajstić information content (AvgIpc) is 2.99. The summed E-state index contributed by atoms with van der Waals surface area (Å²) in [5, 5.41) is 8.69. The van der Waals surface area contributed by atoms with Crippen LogP contribution in [0.25, 0.3) is 0 Å². The number of hydrogen-bond acceptors (Lipinski definition) is 7. The summed E-state index contributed by atoms with van der Waals surface area (Å²) in [6.45, 7) is 0. The molecule has 0 spiro atoms. The van der Waals surface area contributed by atoms with Gasteiger partial charge in [-0.05, 0) is 0 Å². The minimum Gasteiger partial charge on any atom is -0.289 e. The van der Waals surface area contributed by atoms with Gasteiger partial charge in [0.15, 0.2) is 11.8 Å². The van der Waals surface area contributed by atoms with E-state index in [4.69, 9.17) is 4.84 Å². The lowest BCUT2D eigenvalue weighted by molar-refractivity contribution is -0.141. The number of hydrazone groups is 1. The number of imide groups is 2. The second-order valence-electron chi connectivity index (χ2n) is 3.83. The van der Waals surface area contributed by atoms with Crippen LogP contribution in [0.4, 0.5) is 0 Å². The summed E-state index contributed by atoms with van der Waals surface area (Å²) in [5.41, 5.74) is -0.00402. The van der Waals surface area contributed by atoms with Crippen molar-refractivity contribution in [3.05, 3.63) is 23.4 Å². The molecule has 3 heterocycles. The molecule has 0 fully saturated rings. The molecule has 3 rings (SSSR count). The first-order chi connectivity index (χ1) is 9.04. The predicted octanol–water partition coefficient (Wildman–Crippen LogP) is -2.29. The van der Waals surface area contributed by atoms with Gasteiger partial charge in [0.05, 0.1) is 11.8 Å². The van der Waals surface area contributed by atoms with E-state index in [1.165, 1.54) is 6.21 Å². The highest BCUT2D eigenvalue weighted by Gasteiger charge is 2.36. The van der Waals surface area contributed by atoms with E-state index in [0.717, 1.165) is 17.3 Å². The van der Waals surface area contributed by atoms with Crippen LogP contribution in [0.5, 0.6) is 0 Å². The lowest BCUT2D eigenvalue weighted by Crippen LogP contribution is -2.30. The van der Waals surface area contributed by atoms with Crippen molar-refractivity contribution < 1.29 is 24.0 Å². The van der Waals surface area contributed by atoms with Crippen LogP contribution in [0, 0.1) is 0 Å². The average molecular weight is 262 g/mol. The Bertz CT molecular complexity index is 565. The first kappa shape index (κ1) is 11.3. The maximum absolute atomic E-state index is 11.4. The molecule has 2 N–H and O–H groups in total. The van der Waals surface area contributed by atoms with E-state index in [1.54, 1.807) is 0 Å². The molecule has 0 saturated heterocycles. The van der Waals surface area contributed by atoms with Gasteiger partial charge in [-0.3, -0.25) is 29.8 Å². The number of nitrogens with zero attached hydrogens (tertiary/aromatic N) is 2. The zero-order valence-electron chi connectivity index (χ0n) is 9.25. The third kappa shape index (κ3) is 1.81. The molecule has 0 bridgehead atoms. The number of nitrogens with one attached hydrogen (secondary N) is 2. The number of carbonyl (C=O) groups excluding carboxylic acids is 4. The molecule has 1 unspecified atom stereocenters. The summed E-state index contributed by atoms with van der Waals surface area (Å²) in [4.78, 5) is 50.0. The van der Waals surface area contributed by atoms with Crippen LogP contribution in [0.2, 0.25) is 0 Å². The molecule has 0 radical (unpaired) electrons. The first-order valence-electron chi connectivity index (χ1n) is 5.19. The highest BCUT2D eigenvalue weighted by Crippen LogP contribution is 2.21. The summed E-state index contributed by atoms with van der Waals surface area (Å²) >= 11 is 0. The Morgan fingerprint density at radius 1 is 1.05 bits per heavy atom. The Kier molecular flexibility index (Phi) is 2.29. The molecular formula is C10H6N4O5. The summed E-state index contributed by atoms with van der Waals surface area (Å²) < 4.78 is 0. The molecule has 9 heteroatoms.